The molecule has 0 aliphatic heterocycles. The monoisotopic (exact) mass is 291 g/mol. The second-order valence-electron chi connectivity index (χ2n) is 4.26. The fourth-order valence-electron chi connectivity index (χ4n) is 1.64. The zero-order chi connectivity index (χ0) is 14.5. The van der Waals surface area contributed by atoms with Crippen molar-refractivity contribution in [3.63, 3.8) is 0 Å². The van der Waals surface area contributed by atoms with Crippen LogP contribution in [0, 0.1) is 6.92 Å². The van der Waals surface area contributed by atoms with Crippen molar-refractivity contribution >= 4 is 17.4 Å². The summed E-state index contributed by atoms with van der Waals surface area (Å²) in [7, 11) is 0. The fraction of sp³-hybridized carbons (Fsp3) is 0.143. The van der Waals surface area contributed by atoms with Crippen LogP contribution in [0.15, 0.2) is 41.7 Å². The molecule has 0 bridgehead atoms. The van der Waals surface area contributed by atoms with Crippen LogP contribution >= 0.6 is 11.6 Å². The first-order valence-electron chi connectivity index (χ1n) is 5.92. The van der Waals surface area contributed by atoms with Crippen molar-refractivity contribution in [2.75, 3.05) is 0 Å². The summed E-state index contributed by atoms with van der Waals surface area (Å²) in [5.41, 5.74) is 7.79. The van der Waals surface area contributed by atoms with E-state index < -0.39 is 0 Å². The number of rotatable bonds is 4. The zero-order valence-corrected chi connectivity index (χ0v) is 11.6. The highest BCUT2D eigenvalue weighted by Gasteiger charge is 2.05. The highest BCUT2D eigenvalue weighted by atomic mass is 35.5. The van der Waals surface area contributed by atoms with E-state index in [2.05, 4.69) is 10.1 Å². The summed E-state index contributed by atoms with van der Waals surface area (Å²) in [5, 5.41) is 12.1. The van der Waals surface area contributed by atoms with Crippen LogP contribution in [0.3, 0.4) is 0 Å². The number of nitrogens with two attached hydrogens (primary N) is 1. The molecule has 5 nitrogen and oxygen atoms in total. The Balaban J connectivity index is 2.11. The molecule has 3 N–H and O–H groups in total. The van der Waals surface area contributed by atoms with Crippen LogP contribution in [-0.4, -0.2) is 16.0 Å². The third-order valence-corrected chi connectivity index (χ3v) is 2.97. The summed E-state index contributed by atoms with van der Waals surface area (Å²) < 4.78 is 5.64. The lowest BCUT2D eigenvalue weighted by molar-refractivity contribution is 0.306. The van der Waals surface area contributed by atoms with Crippen LogP contribution in [0.5, 0.6) is 5.75 Å². The summed E-state index contributed by atoms with van der Waals surface area (Å²) in [6.07, 6.45) is 1.57. The first kappa shape index (κ1) is 14.1. The molecule has 0 aliphatic carbocycles. The molecule has 0 saturated heterocycles. The molecule has 1 aromatic heterocycles. The molecule has 0 unspecified atom stereocenters. The molecule has 1 aromatic carbocycles. The van der Waals surface area contributed by atoms with Crippen LogP contribution in [0.1, 0.15) is 16.8 Å². The minimum atomic E-state index is -0.0415. The molecule has 0 amide bonds. The third-order valence-electron chi connectivity index (χ3n) is 2.68. The number of aromatic nitrogens is 1. The zero-order valence-electron chi connectivity index (χ0n) is 10.9. The van der Waals surface area contributed by atoms with Gasteiger partial charge in [0.05, 0.1) is 5.02 Å². The number of hydrogen-bond acceptors (Lipinski definition) is 4. The average Bonchev–Trinajstić information content (AvgIpc) is 2.46. The van der Waals surface area contributed by atoms with Gasteiger partial charge in [-0.15, -0.1) is 0 Å². The minimum Gasteiger partial charge on any atom is -0.487 e. The molecule has 0 radical (unpaired) electrons. The van der Waals surface area contributed by atoms with Crippen LogP contribution in [0.4, 0.5) is 0 Å². The first-order chi connectivity index (χ1) is 9.60. The second kappa shape index (κ2) is 6.25. The number of oxime groups is 1. The van der Waals surface area contributed by atoms with Gasteiger partial charge in [0.1, 0.15) is 18.1 Å². The summed E-state index contributed by atoms with van der Waals surface area (Å²) >= 11 is 6.09. The third kappa shape index (κ3) is 3.39. The molecule has 0 fully saturated rings. The number of amidine groups is 1. The number of halogens is 1. The predicted octanol–water partition coefficient (Wildman–Crippen LogP) is 2.72. The predicted molar refractivity (Wildman–Crippen MR) is 77.3 cm³/mol. The minimum absolute atomic E-state index is 0.0415. The molecule has 2 aromatic rings. The Morgan fingerprint density at radius 1 is 1.40 bits per heavy atom. The van der Waals surface area contributed by atoms with E-state index in [9.17, 15) is 0 Å². The molecule has 2 rings (SSSR count). The molecular weight excluding hydrogens is 278 g/mol. The lowest BCUT2D eigenvalue weighted by Gasteiger charge is -2.09. The van der Waals surface area contributed by atoms with Gasteiger partial charge in [0.15, 0.2) is 5.84 Å². The Bertz CT molecular complexity index is 644. The Morgan fingerprint density at radius 3 is 2.90 bits per heavy atom. The fourth-order valence-corrected chi connectivity index (χ4v) is 1.93. The summed E-state index contributed by atoms with van der Waals surface area (Å²) in [6.45, 7) is 2.28. The second-order valence-corrected chi connectivity index (χ2v) is 4.66. The number of benzene rings is 1. The van der Waals surface area contributed by atoms with Gasteiger partial charge in [0, 0.05) is 6.20 Å². The standard InChI is InChI=1S/C14H14ClN3O2/c1-9-2-3-13(11(15)6-9)20-8-10-4-5-17-12(7-10)14(16)18-19/h2-7,19H,8H2,1H3,(H2,16,18). The molecule has 20 heavy (non-hydrogen) atoms. The van der Waals surface area contributed by atoms with E-state index in [4.69, 9.17) is 27.3 Å². The molecule has 6 heteroatoms. The Morgan fingerprint density at radius 2 is 2.20 bits per heavy atom. The lowest BCUT2D eigenvalue weighted by Crippen LogP contribution is -2.15. The highest BCUT2D eigenvalue weighted by Crippen LogP contribution is 2.25. The van der Waals surface area contributed by atoms with Gasteiger partial charge >= 0.3 is 0 Å². The first-order valence-corrected chi connectivity index (χ1v) is 6.29. The van der Waals surface area contributed by atoms with Crippen LogP contribution in [0.25, 0.3) is 0 Å². The number of aryl methyl sites for hydroxylation is 1. The number of hydrogen-bond donors (Lipinski definition) is 2. The van der Waals surface area contributed by atoms with Crippen LogP contribution in [-0.2, 0) is 6.61 Å². The van der Waals surface area contributed by atoms with E-state index in [1.807, 2.05) is 25.1 Å². The van der Waals surface area contributed by atoms with E-state index in [1.54, 1.807) is 18.3 Å². The SMILES string of the molecule is Cc1ccc(OCc2ccnc(C(N)=NO)c2)c(Cl)c1. The van der Waals surface area contributed by atoms with Crippen molar-refractivity contribution in [1.82, 2.24) is 4.98 Å². The maximum Gasteiger partial charge on any atom is 0.188 e. The van der Waals surface area contributed by atoms with E-state index in [1.165, 1.54) is 0 Å². The van der Waals surface area contributed by atoms with Crippen molar-refractivity contribution in [3.8, 4) is 5.75 Å². The molecule has 0 saturated carbocycles. The normalized spacial score (nSPS) is 11.4. The summed E-state index contributed by atoms with van der Waals surface area (Å²) in [6, 6.07) is 9.07. The van der Waals surface area contributed by atoms with Gasteiger partial charge in [-0.2, -0.15) is 0 Å². The Labute approximate surface area is 121 Å². The van der Waals surface area contributed by atoms with E-state index in [0.29, 0.717) is 23.1 Å². The molecule has 0 aliphatic rings. The topological polar surface area (TPSA) is 80.7 Å². The molecule has 0 spiro atoms. The van der Waals surface area contributed by atoms with Crippen molar-refractivity contribution in [3.05, 3.63) is 58.4 Å². The van der Waals surface area contributed by atoms with Crippen molar-refractivity contribution in [2.45, 2.75) is 13.5 Å². The maximum absolute atomic E-state index is 8.62. The van der Waals surface area contributed by atoms with Gasteiger partial charge in [0.25, 0.3) is 0 Å². The van der Waals surface area contributed by atoms with Gasteiger partial charge in [0.2, 0.25) is 0 Å². The van der Waals surface area contributed by atoms with Crippen LogP contribution < -0.4 is 10.5 Å². The van der Waals surface area contributed by atoms with Gasteiger partial charge in [-0.3, -0.25) is 4.98 Å². The average molecular weight is 292 g/mol. The lowest BCUT2D eigenvalue weighted by atomic mass is 10.2. The van der Waals surface area contributed by atoms with Crippen molar-refractivity contribution in [1.29, 1.82) is 0 Å². The van der Waals surface area contributed by atoms with Gasteiger partial charge in [-0.05, 0) is 42.3 Å². The van der Waals surface area contributed by atoms with Crippen molar-refractivity contribution in [2.24, 2.45) is 10.9 Å². The number of nitrogens with zero attached hydrogens (tertiary/aromatic N) is 2. The van der Waals surface area contributed by atoms with E-state index >= 15 is 0 Å². The summed E-state index contributed by atoms with van der Waals surface area (Å²) in [4.78, 5) is 4.00. The molecule has 1 heterocycles. The molecule has 0 atom stereocenters. The van der Waals surface area contributed by atoms with E-state index in [-0.39, 0.29) is 5.84 Å². The Kier molecular flexibility index (Phi) is 4.42. The maximum atomic E-state index is 8.62. The summed E-state index contributed by atoms with van der Waals surface area (Å²) in [5.74, 6) is 0.569. The van der Waals surface area contributed by atoms with Crippen molar-refractivity contribution < 1.29 is 9.94 Å². The number of pyridine rings is 1. The van der Waals surface area contributed by atoms with Gasteiger partial charge in [-0.1, -0.05) is 22.8 Å². The van der Waals surface area contributed by atoms with E-state index in [0.717, 1.165) is 11.1 Å². The molecule has 104 valence electrons. The molecular formula is C14H14ClN3O2. The Hall–Kier alpha value is -2.27. The van der Waals surface area contributed by atoms with Crippen LogP contribution in [0.2, 0.25) is 5.02 Å². The smallest absolute Gasteiger partial charge is 0.188 e. The largest absolute Gasteiger partial charge is 0.487 e. The highest BCUT2D eigenvalue weighted by molar-refractivity contribution is 6.32. The van der Waals surface area contributed by atoms with Gasteiger partial charge < -0.3 is 15.7 Å². The number of ether oxygens (including phenoxy) is 1. The van der Waals surface area contributed by atoms with Gasteiger partial charge in [-0.25, -0.2) is 0 Å². The quantitative estimate of drug-likeness (QED) is 0.393.